The molecule has 4 rings (SSSR count). The molecular formula is C23H22N2O5. The van der Waals surface area contributed by atoms with Gasteiger partial charge in [0.2, 0.25) is 0 Å². The topological polar surface area (TPSA) is 82.0 Å². The van der Waals surface area contributed by atoms with E-state index in [2.05, 4.69) is 10.6 Å². The van der Waals surface area contributed by atoms with Crippen molar-refractivity contribution in [2.45, 2.75) is 6.54 Å². The van der Waals surface area contributed by atoms with Gasteiger partial charge in [-0.3, -0.25) is 0 Å². The van der Waals surface area contributed by atoms with Crippen LogP contribution >= 0.6 is 0 Å². The molecule has 30 heavy (non-hydrogen) atoms. The number of anilines is 1. The third-order valence-corrected chi connectivity index (χ3v) is 4.81. The van der Waals surface area contributed by atoms with Crippen LogP contribution in [0.2, 0.25) is 0 Å². The highest BCUT2D eigenvalue weighted by Crippen LogP contribution is 2.36. The fourth-order valence-electron chi connectivity index (χ4n) is 3.34. The maximum atomic E-state index is 12.5. The maximum absolute atomic E-state index is 12.5. The van der Waals surface area contributed by atoms with Crippen molar-refractivity contribution in [1.82, 2.24) is 5.32 Å². The predicted molar refractivity (Wildman–Crippen MR) is 116 cm³/mol. The van der Waals surface area contributed by atoms with Gasteiger partial charge in [-0.05, 0) is 29.8 Å². The average Bonchev–Trinajstić information content (AvgIpc) is 3.14. The molecule has 0 aliphatic carbocycles. The number of ether oxygens (including phenoxy) is 3. The number of hydrogen-bond acceptors (Lipinski definition) is 5. The molecule has 4 aromatic rings. The third kappa shape index (κ3) is 3.82. The predicted octanol–water partition coefficient (Wildman–Crippen LogP) is 4.93. The van der Waals surface area contributed by atoms with E-state index in [1.807, 2.05) is 42.5 Å². The molecule has 7 heteroatoms. The van der Waals surface area contributed by atoms with E-state index in [1.165, 1.54) is 0 Å². The number of furan rings is 1. The van der Waals surface area contributed by atoms with Gasteiger partial charge in [0, 0.05) is 29.4 Å². The lowest BCUT2D eigenvalue weighted by molar-refractivity contribution is 0.251. The van der Waals surface area contributed by atoms with E-state index >= 15 is 0 Å². The SMILES string of the molecule is COc1cc(CNC(=O)Nc2cc3oc4ccccc4c3cc2OC)cc(OC)c1. The number of urea groups is 1. The first kappa shape index (κ1) is 19.4. The Balaban J connectivity index is 1.53. The van der Waals surface area contributed by atoms with Crippen molar-refractivity contribution >= 4 is 33.7 Å². The number of hydrogen-bond donors (Lipinski definition) is 2. The fourth-order valence-corrected chi connectivity index (χ4v) is 3.34. The van der Waals surface area contributed by atoms with Crippen LogP contribution in [0.25, 0.3) is 21.9 Å². The summed E-state index contributed by atoms with van der Waals surface area (Å²) in [5.41, 5.74) is 2.82. The van der Waals surface area contributed by atoms with Crippen molar-refractivity contribution in [3.05, 3.63) is 60.2 Å². The quantitative estimate of drug-likeness (QED) is 0.474. The Morgan fingerprint density at radius 3 is 2.30 bits per heavy atom. The van der Waals surface area contributed by atoms with E-state index in [-0.39, 0.29) is 6.03 Å². The highest BCUT2D eigenvalue weighted by molar-refractivity contribution is 6.07. The molecule has 0 atom stereocenters. The molecule has 0 bridgehead atoms. The second kappa shape index (κ2) is 8.24. The van der Waals surface area contributed by atoms with Crippen molar-refractivity contribution in [3.8, 4) is 17.2 Å². The molecule has 0 spiro atoms. The van der Waals surface area contributed by atoms with E-state index in [0.29, 0.717) is 35.1 Å². The van der Waals surface area contributed by atoms with Crippen molar-refractivity contribution in [3.63, 3.8) is 0 Å². The minimum atomic E-state index is -0.370. The van der Waals surface area contributed by atoms with E-state index in [4.69, 9.17) is 18.6 Å². The van der Waals surface area contributed by atoms with Gasteiger partial charge < -0.3 is 29.3 Å². The van der Waals surface area contributed by atoms with Gasteiger partial charge >= 0.3 is 6.03 Å². The zero-order valence-corrected chi connectivity index (χ0v) is 16.9. The van der Waals surface area contributed by atoms with Gasteiger partial charge in [0.1, 0.15) is 28.4 Å². The van der Waals surface area contributed by atoms with Gasteiger partial charge in [0.25, 0.3) is 0 Å². The van der Waals surface area contributed by atoms with Crippen LogP contribution in [0.1, 0.15) is 5.56 Å². The molecule has 0 saturated carbocycles. The van der Waals surface area contributed by atoms with Crippen LogP contribution in [0.3, 0.4) is 0 Å². The number of para-hydroxylation sites is 1. The van der Waals surface area contributed by atoms with Crippen molar-refractivity contribution < 1.29 is 23.4 Å². The van der Waals surface area contributed by atoms with Crippen LogP contribution in [-0.2, 0) is 6.54 Å². The molecule has 0 aliphatic heterocycles. The monoisotopic (exact) mass is 406 g/mol. The van der Waals surface area contributed by atoms with Crippen LogP contribution < -0.4 is 24.8 Å². The number of methoxy groups -OCH3 is 3. The largest absolute Gasteiger partial charge is 0.497 e. The molecule has 0 saturated heterocycles. The van der Waals surface area contributed by atoms with Gasteiger partial charge in [0.15, 0.2) is 0 Å². The standard InChI is InChI=1S/C23H22N2O5/c1-27-15-8-14(9-16(10-15)28-2)13-24-23(26)25-19-12-21-18(11-22(19)29-3)17-6-4-5-7-20(17)30-21/h4-12H,13H2,1-3H3,(H2,24,25,26). The first-order valence-corrected chi connectivity index (χ1v) is 9.37. The van der Waals surface area contributed by atoms with Crippen LogP contribution in [0, 0.1) is 0 Å². The molecule has 0 fully saturated rings. The summed E-state index contributed by atoms with van der Waals surface area (Å²) in [4.78, 5) is 12.5. The first-order chi connectivity index (χ1) is 14.6. The lowest BCUT2D eigenvalue weighted by Gasteiger charge is -2.12. The Labute approximate surface area is 173 Å². The normalized spacial score (nSPS) is 10.8. The third-order valence-electron chi connectivity index (χ3n) is 4.81. The van der Waals surface area contributed by atoms with Crippen LogP contribution in [0.15, 0.2) is 59.0 Å². The molecule has 0 unspecified atom stereocenters. The van der Waals surface area contributed by atoms with E-state index in [1.54, 1.807) is 33.5 Å². The van der Waals surface area contributed by atoms with Gasteiger partial charge in [-0.2, -0.15) is 0 Å². The molecule has 7 nitrogen and oxygen atoms in total. The summed E-state index contributed by atoms with van der Waals surface area (Å²) < 4.78 is 21.9. The average molecular weight is 406 g/mol. The number of carbonyl (C=O) groups is 1. The molecule has 1 aromatic heterocycles. The van der Waals surface area contributed by atoms with Crippen molar-refractivity contribution in [1.29, 1.82) is 0 Å². The van der Waals surface area contributed by atoms with Gasteiger partial charge in [-0.25, -0.2) is 4.79 Å². The molecule has 0 aliphatic rings. The first-order valence-electron chi connectivity index (χ1n) is 9.37. The summed E-state index contributed by atoms with van der Waals surface area (Å²) in [5, 5.41) is 7.58. The van der Waals surface area contributed by atoms with Crippen molar-refractivity contribution in [2.24, 2.45) is 0 Å². The number of fused-ring (bicyclic) bond motifs is 3. The summed E-state index contributed by atoms with van der Waals surface area (Å²) >= 11 is 0. The van der Waals surface area contributed by atoms with Crippen LogP contribution in [0.5, 0.6) is 17.2 Å². The van der Waals surface area contributed by atoms with Gasteiger partial charge in [0.05, 0.1) is 27.0 Å². The zero-order valence-electron chi connectivity index (χ0n) is 16.9. The number of carbonyl (C=O) groups excluding carboxylic acids is 1. The van der Waals surface area contributed by atoms with Crippen LogP contribution in [-0.4, -0.2) is 27.4 Å². The maximum Gasteiger partial charge on any atom is 0.319 e. The zero-order chi connectivity index (χ0) is 21.1. The summed E-state index contributed by atoms with van der Waals surface area (Å²) in [5.74, 6) is 1.86. The minimum Gasteiger partial charge on any atom is -0.497 e. The lowest BCUT2D eigenvalue weighted by Crippen LogP contribution is -2.28. The molecule has 2 N–H and O–H groups in total. The lowest BCUT2D eigenvalue weighted by atomic mass is 10.1. The highest BCUT2D eigenvalue weighted by atomic mass is 16.5. The Morgan fingerprint density at radius 1 is 0.867 bits per heavy atom. The number of benzene rings is 3. The summed E-state index contributed by atoms with van der Waals surface area (Å²) in [6.07, 6.45) is 0. The smallest absolute Gasteiger partial charge is 0.319 e. The molecule has 3 aromatic carbocycles. The molecule has 2 amide bonds. The minimum absolute atomic E-state index is 0.300. The summed E-state index contributed by atoms with van der Waals surface area (Å²) in [6, 6.07) is 16.5. The second-order valence-electron chi connectivity index (χ2n) is 6.68. The summed E-state index contributed by atoms with van der Waals surface area (Å²) in [6.45, 7) is 0.300. The van der Waals surface area contributed by atoms with Crippen LogP contribution in [0.4, 0.5) is 10.5 Å². The van der Waals surface area contributed by atoms with E-state index < -0.39 is 0 Å². The number of rotatable bonds is 6. The number of amides is 2. The molecule has 1 heterocycles. The Bertz CT molecular complexity index is 1190. The van der Waals surface area contributed by atoms with Crippen molar-refractivity contribution in [2.75, 3.05) is 26.6 Å². The molecule has 0 radical (unpaired) electrons. The number of nitrogens with one attached hydrogen (secondary N) is 2. The molecular weight excluding hydrogens is 384 g/mol. The Morgan fingerprint density at radius 2 is 1.60 bits per heavy atom. The van der Waals surface area contributed by atoms with E-state index in [0.717, 1.165) is 21.9 Å². The van der Waals surface area contributed by atoms with E-state index in [9.17, 15) is 4.79 Å². The second-order valence-corrected chi connectivity index (χ2v) is 6.68. The summed E-state index contributed by atoms with van der Waals surface area (Å²) in [7, 11) is 4.73. The Hall–Kier alpha value is -3.87. The Kier molecular flexibility index (Phi) is 5.34. The van der Waals surface area contributed by atoms with Gasteiger partial charge in [-0.15, -0.1) is 0 Å². The fraction of sp³-hybridized carbons (Fsp3) is 0.174. The highest BCUT2D eigenvalue weighted by Gasteiger charge is 2.14. The van der Waals surface area contributed by atoms with Gasteiger partial charge in [-0.1, -0.05) is 18.2 Å². The molecule has 154 valence electrons.